The molecular formula is C18H12F7N3O. The van der Waals surface area contributed by atoms with Crippen LogP contribution in [-0.4, -0.2) is 29.6 Å². The van der Waals surface area contributed by atoms with Gasteiger partial charge in [-0.3, -0.25) is 0 Å². The number of carbonyl (C=O) groups excluding carboxylic acids is 1. The van der Waals surface area contributed by atoms with Gasteiger partial charge in [-0.1, -0.05) is 36.4 Å². The highest BCUT2D eigenvalue weighted by Crippen LogP contribution is 2.53. The third-order valence-electron chi connectivity index (χ3n) is 4.23. The van der Waals surface area contributed by atoms with E-state index < -0.39 is 36.2 Å². The first-order valence-corrected chi connectivity index (χ1v) is 8.07. The number of hydrogen-bond donors (Lipinski definition) is 1. The number of carbonyl (C=O) groups is 1. The predicted molar refractivity (Wildman–Crippen MR) is 89.9 cm³/mol. The first kappa shape index (κ1) is 20.6. The molecule has 1 N–H and O–H groups in total. The molecule has 1 aliphatic rings. The first-order valence-electron chi connectivity index (χ1n) is 8.07. The zero-order valence-corrected chi connectivity index (χ0v) is 14.4. The Kier molecular flexibility index (Phi) is 5.01. The van der Waals surface area contributed by atoms with Gasteiger partial charge in [0.25, 0.3) is 0 Å². The molecule has 0 aromatic heterocycles. The molecule has 1 heterocycles. The Labute approximate surface area is 159 Å². The van der Waals surface area contributed by atoms with E-state index in [1.807, 2.05) is 0 Å². The summed E-state index contributed by atoms with van der Waals surface area (Å²) < 4.78 is 92.1. The van der Waals surface area contributed by atoms with Crippen molar-refractivity contribution in [3.63, 3.8) is 0 Å². The maximum Gasteiger partial charge on any atom is 0.435 e. The third-order valence-corrected chi connectivity index (χ3v) is 4.23. The van der Waals surface area contributed by atoms with E-state index in [1.165, 1.54) is 6.21 Å². The Bertz CT molecular complexity index is 925. The summed E-state index contributed by atoms with van der Waals surface area (Å²) in [5, 5.41) is 6.98. The van der Waals surface area contributed by atoms with Gasteiger partial charge in [0.2, 0.25) is 0 Å². The van der Waals surface area contributed by atoms with Crippen LogP contribution < -0.4 is 5.32 Å². The summed E-state index contributed by atoms with van der Waals surface area (Å²) in [4.78, 5) is 12.0. The molecule has 3 rings (SSSR count). The van der Waals surface area contributed by atoms with E-state index in [9.17, 15) is 35.5 Å². The van der Waals surface area contributed by atoms with Crippen LogP contribution in [-0.2, 0) is 12.2 Å². The summed E-state index contributed by atoms with van der Waals surface area (Å²) in [7, 11) is 0. The fourth-order valence-corrected chi connectivity index (χ4v) is 2.73. The van der Waals surface area contributed by atoms with E-state index in [-0.39, 0.29) is 11.3 Å². The van der Waals surface area contributed by atoms with Crippen molar-refractivity contribution < 1.29 is 35.5 Å². The average molecular weight is 419 g/mol. The standard InChI is InChI=1S/C18H12F7N3O/c19-16(17(20,21)22,18(23,24)25)13-6-7-14-12(8-13)10-28(15(29)27-14)26-9-11-4-2-1-3-5-11/h1-9H,10H2,(H,27,29)/b26-9+. The van der Waals surface area contributed by atoms with Crippen molar-refractivity contribution in [2.45, 2.75) is 24.6 Å². The van der Waals surface area contributed by atoms with Crippen molar-refractivity contribution in [1.29, 1.82) is 0 Å². The number of benzene rings is 2. The summed E-state index contributed by atoms with van der Waals surface area (Å²) >= 11 is 0. The second-order valence-electron chi connectivity index (χ2n) is 6.17. The molecule has 0 aliphatic carbocycles. The van der Waals surface area contributed by atoms with E-state index in [2.05, 4.69) is 10.4 Å². The van der Waals surface area contributed by atoms with Gasteiger partial charge in [-0.15, -0.1) is 0 Å². The maximum absolute atomic E-state index is 14.3. The molecule has 154 valence electrons. The number of amides is 2. The number of anilines is 1. The Balaban J connectivity index is 1.96. The normalized spacial score (nSPS) is 15.4. The van der Waals surface area contributed by atoms with Crippen molar-refractivity contribution in [1.82, 2.24) is 5.01 Å². The lowest BCUT2D eigenvalue weighted by molar-refractivity contribution is -0.348. The monoisotopic (exact) mass is 419 g/mol. The topological polar surface area (TPSA) is 44.7 Å². The van der Waals surface area contributed by atoms with Crippen LogP contribution in [0.3, 0.4) is 0 Å². The molecule has 4 nitrogen and oxygen atoms in total. The smallest absolute Gasteiger partial charge is 0.306 e. The molecule has 0 bridgehead atoms. The molecule has 0 atom stereocenters. The van der Waals surface area contributed by atoms with Crippen LogP contribution in [0.15, 0.2) is 53.6 Å². The van der Waals surface area contributed by atoms with Crippen LogP contribution in [0.25, 0.3) is 0 Å². The largest absolute Gasteiger partial charge is 0.435 e. The number of nitrogens with zero attached hydrogens (tertiary/aromatic N) is 2. The van der Waals surface area contributed by atoms with Gasteiger partial charge in [0.05, 0.1) is 12.8 Å². The van der Waals surface area contributed by atoms with Crippen molar-refractivity contribution in [3.05, 3.63) is 65.2 Å². The zero-order chi connectivity index (χ0) is 21.4. The molecular weight excluding hydrogens is 407 g/mol. The number of alkyl halides is 7. The number of urea groups is 1. The predicted octanol–water partition coefficient (Wildman–Crippen LogP) is 5.36. The van der Waals surface area contributed by atoms with Gasteiger partial charge in [0, 0.05) is 11.3 Å². The molecule has 1 aliphatic heterocycles. The SMILES string of the molecule is O=C1Nc2ccc(C(F)(C(F)(F)F)C(F)(F)F)cc2CN1/N=C/c1ccccc1. The molecule has 29 heavy (non-hydrogen) atoms. The highest BCUT2D eigenvalue weighted by molar-refractivity contribution is 5.93. The Hall–Kier alpha value is -3.11. The number of hydrogen-bond acceptors (Lipinski definition) is 2. The van der Waals surface area contributed by atoms with Gasteiger partial charge in [0.1, 0.15) is 0 Å². The molecule has 2 aromatic rings. The number of rotatable bonds is 3. The lowest BCUT2D eigenvalue weighted by Gasteiger charge is -2.32. The van der Waals surface area contributed by atoms with E-state index in [4.69, 9.17) is 0 Å². The first-order chi connectivity index (χ1) is 13.4. The van der Waals surface area contributed by atoms with Crippen molar-refractivity contribution in [2.75, 3.05) is 5.32 Å². The van der Waals surface area contributed by atoms with Gasteiger partial charge in [-0.25, -0.2) is 14.2 Å². The number of nitrogens with one attached hydrogen (secondary N) is 1. The fraction of sp³-hybridized carbons (Fsp3) is 0.222. The highest BCUT2D eigenvalue weighted by atomic mass is 19.4. The van der Waals surface area contributed by atoms with Gasteiger partial charge >= 0.3 is 24.1 Å². The molecule has 0 spiro atoms. The van der Waals surface area contributed by atoms with E-state index >= 15 is 0 Å². The van der Waals surface area contributed by atoms with E-state index in [1.54, 1.807) is 30.3 Å². The minimum Gasteiger partial charge on any atom is -0.306 e. The number of halogens is 7. The number of hydrazone groups is 1. The van der Waals surface area contributed by atoms with E-state index in [0.717, 1.165) is 11.1 Å². The lowest BCUT2D eigenvalue weighted by atomic mass is 9.91. The maximum atomic E-state index is 14.3. The molecule has 0 unspecified atom stereocenters. The molecule has 0 fully saturated rings. The van der Waals surface area contributed by atoms with Crippen molar-refractivity contribution in [2.24, 2.45) is 5.10 Å². The fourth-order valence-electron chi connectivity index (χ4n) is 2.73. The molecule has 11 heteroatoms. The highest BCUT2D eigenvalue weighted by Gasteiger charge is 2.73. The summed E-state index contributed by atoms with van der Waals surface area (Å²) in [6.45, 7) is -0.440. The quantitative estimate of drug-likeness (QED) is 0.529. The molecule has 0 radical (unpaired) electrons. The van der Waals surface area contributed by atoms with E-state index in [0.29, 0.717) is 17.7 Å². The Morgan fingerprint density at radius 1 is 0.931 bits per heavy atom. The van der Waals surface area contributed by atoms with Crippen LogP contribution in [0.1, 0.15) is 16.7 Å². The Morgan fingerprint density at radius 2 is 1.55 bits per heavy atom. The molecule has 2 amide bonds. The summed E-state index contributed by atoms with van der Waals surface area (Å²) in [6, 6.07) is 9.32. The Morgan fingerprint density at radius 3 is 2.14 bits per heavy atom. The summed E-state index contributed by atoms with van der Waals surface area (Å²) in [6.07, 6.45) is -11.1. The van der Waals surface area contributed by atoms with Crippen molar-refractivity contribution in [3.8, 4) is 0 Å². The van der Waals surface area contributed by atoms with Crippen LogP contribution >= 0.6 is 0 Å². The third kappa shape index (κ3) is 3.76. The van der Waals surface area contributed by atoms with Crippen molar-refractivity contribution >= 4 is 17.9 Å². The van der Waals surface area contributed by atoms with Crippen LogP contribution in [0.5, 0.6) is 0 Å². The lowest BCUT2D eigenvalue weighted by Crippen LogP contribution is -2.50. The van der Waals surface area contributed by atoms with Crippen LogP contribution in [0, 0.1) is 0 Å². The molecule has 0 saturated carbocycles. The molecule has 0 saturated heterocycles. The molecule has 2 aromatic carbocycles. The minimum atomic E-state index is -6.22. The average Bonchev–Trinajstić information content (AvgIpc) is 2.64. The van der Waals surface area contributed by atoms with Crippen LogP contribution in [0.4, 0.5) is 41.2 Å². The summed E-state index contributed by atoms with van der Waals surface area (Å²) in [5.41, 5.74) is -6.75. The summed E-state index contributed by atoms with van der Waals surface area (Å²) in [5.74, 6) is 0. The second kappa shape index (κ2) is 7.05. The zero-order valence-electron chi connectivity index (χ0n) is 14.4. The number of fused-ring (bicyclic) bond motifs is 1. The van der Waals surface area contributed by atoms with Gasteiger partial charge in [-0.05, 0) is 23.3 Å². The van der Waals surface area contributed by atoms with Gasteiger partial charge in [-0.2, -0.15) is 31.4 Å². The minimum absolute atomic E-state index is 0.0309. The second-order valence-corrected chi connectivity index (χ2v) is 6.17. The van der Waals surface area contributed by atoms with Gasteiger partial charge < -0.3 is 5.32 Å². The van der Waals surface area contributed by atoms with Crippen LogP contribution in [0.2, 0.25) is 0 Å². The van der Waals surface area contributed by atoms with Gasteiger partial charge in [0.15, 0.2) is 0 Å².